The molecule has 0 unspecified atom stereocenters. The van der Waals surface area contributed by atoms with E-state index in [1.165, 1.54) is 12.8 Å². The number of nitrogens with one attached hydrogen (secondary N) is 1. The van der Waals surface area contributed by atoms with Crippen molar-refractivity contribution in [3.05, 3.63) is 16.1 Å². The van der Waals surface area contributed by atoms with Gasteiger partial charge in [0.15, 0.2) is 0 Å². The van der Waals surface area contributed by atoms with Crippen molar-refractivity contribution in [1.29, 1.82) is 0 Å². The highest BCUT2D eigenvalue weighted by Gasteiger charge is 2.05. The van der Waals surface area contributed by atoms with Crippen molar-refractivity contribution in [2.75, 3.05) is 6.54 Å². The van der Waals surface area contributed by atoms with E-state index < -0.39 is 0 Å². The SMILES string of the molecule is Cc1nc(CNC2=NCCCC2)cs1. The Morgan fingerprint density at radius 1 is 1.50 bits per heavy atom. The molecule has 2 rings (SSSR count). The van der Waals surface area contributed by atoms with Gasteiger partial charge in [-0.2, -0.15) is 0 Å². The maximum Gasteiger partial charge on any atom is 0.0966 e. The van der Waals surface area contributed by atoms with Gasteiger partial charge in [0.1, 0.15) is 0 Å². The van der Waals surface area contributed by atoms with Crippen LogP contribution in [-0.4, -0.2) is 17.4 Å². The van der Waals surface area contributed by atoms with Crippen molar-refractivity contribution in [3.8, 4) is 0 Å². The van der Waals surface area contributed by atoms with Crippen LogP contribution >= 0.6 is 11.3 Å². The number of hydrogen-bond donors (Lipinski definition) is 1. The number of aromatic nitrogens is 1. The molecule has 0 bridgehead atoms. The molecule has 2 heterocycles. The summed E-state index contributed by atoms with van der Waals surface area (Å²) in [6.07, 6.45) is 3.60. The van der Waals surface area contributed by atoms with Crippen LogP contribution in [0.2, 0.25) is 0 Å². The quantitative estimate of drug-likeness (QED) is 0.810. The fraction of sp³-hybridized carbons (Fsp3) is 0.600. The van der Waals surface area contributed by atoms with Gasteiger partial charge in [-0.15, -0.1) is 11.3 Å². The Kier molecular flexibility index (Phi) is 3.14. The van der Waals surface area contributed by atoms with Gasteiger partial charge in [0.05, 0.1) is 23.1 Å². The number of nitrogens with zero attached hydrogens (tertiary/aromatic N) is 2. The molecule has 1 aromatic rings. The van der Waals surface area contributed by atoms with Crippen molar-refractivity contribution >= 4 is 17.2 Å². The molecule has 3 nitrogen and oxygen atoms in total. The molecule has 0 fully saturated rings. The topological polar surface area (TPSA) is 37.3 Å². The van der Waals surface area contributed by atoms with Gasteiger partial charge < -0.3 is 5.32 Å². The summed E-state index contributed by atoms with van der Waals surface area (Å²) >= 11 is 1.70. The van der Waals surface area contributed by atoms with E-state index in [4.69, 9.17) is 0 Å². The van der Waals surface area contributed by atoms with Gasteiger partial charge in [-0.1, -0.05) is 0 Å². The molecule has 0 aromatic carbocycles. The van der Waals surface area contributed by atoms with E-state index in [0.29, 0.717) is 0 Å². The predicted molar refractivity (Wildman–Crippen MR) is 59.8 cm³/mol. The molecule has 0 radical (unpaired) electrons. The van der Waals surface area contributed by atoms with E-state index in [-0.39, 0.29) is 0 Å². The normalized spacial score (nSPS) is 16.5. The zero-order valence-corrected chi connectivity index (χ0v) is 9.23. The summed E-state index contributed by atoms with van der Waals surface area (Å²) in [6.45, 7) is 3.84. The highest BCUT2D eigenvalue weighted by Crippen LogP contribution is 2.08. The van der Waals surface area contributed by atoms with Gasteiger partial charge in [0.2, 0.25) is 0 Å². The minimum atomic E-state index is 0.823. The van der Waals surface area contributed by atoms with Crippen molar-refractivity contribution in [1.82, 2.24) is 10.3 Å². The van der Waals surface area contributed by atoms with Gasteiger partial charge in [-0.05, 0) is 19.8 Å². The highest BCUT2D eigenvalue weighted by atomic mass is 32.1. The first-order valence-corrected chi connectivity index (χ1v) is 5.91. The van der Waals surface area contributed by atoms with Crippen molar-refractivity contribution in [2.24, 2.45) is 4.99 Å². The molecule has 0 spiro atoms. The van der Waals surface area contributed by atoms with Crippen LogP contribution in [0.3, 0.4) is 0 Å². The zero-order valence-electron chi connectivity index (χ0n) is 8.42. The highest BCUT2D eigenvalue weighted by molar-refractivity contribution is 7.09. The van der Waals surface area contributed by atoms with Crippen LogP contribution in [0.25, 0.3) is 0 Å². The lowest BCUT2D eigenvalue weighted by molar-refractivity contribution is 0.703. The fourth-order valence-corrected chi connectivity index (χ4v) is 2.14. The molecular weight excluding hydrogens is 194 g/mol. The average Bonchev–Trinajstić information content (AvgIpc) is 2.63. The van der Waals surface area contributed by atoms with Crippen LogP contribution in [0.5, 0.6) is 0 Å². The van der Waals surface area contributed by atoms with Crippen molar-refractivity contribution in [3.63, 3.8) is 0 Å². The fourth-order valence-electron chi connectivity index (χ4n) is 1.52. The number of thiazole rings is 1. The number of rotatable bonds is 2. The van der Waals surface area contributed by atoms with E-state index in [1.54, 1.807) is 11.3 Å². The smallest absolute Gasteiger partial charge is 0.0966 e. The molecule has 0 saturated heterocycles. The third-order valence-electron chi connectivity index (χ3n) is 2.26. The maximum atomic E-state index is 4.43. The molecule has 0 atom stereocenters. The van der Waals surface area contributed by atoms with E-state index >= 15 is 0 Å². The van der Waals surface area contributed by atoms with E-state index in [2.05, 4.69) is 20.7 Å². The summed E-state index contributed by atoms with van der Waals surface area (Å²) in [4.78, 5) is 8.83. The molecule has 0 aliphatic carbocycles. The summed E-state index contributed by atoms with van der Waals surface area (Å²) in [5.41, 5.74) is 1.13. The second-order valence-electron chi connectivity index (χ2n) is 3.50. The largest absolute Gasteiger partial charge is 0.368 e. The molecule has 0 amide bonds. The summed E-state index contributed by atoms with van der Waals surface area (Å²) in [5, 5.41) is 6.58. The first-order chi connectivity index (χ1) is 6.84. The number of hydrogen-bond acceptors (Lipinski definition) is 4. The predicted octanol–water partition coefficient (Wildman–Crippen LogP) is 2.12. The van der Waals surface area contributed by atoms with E-state index in [0.717, 1.165) is 36.0 Å². The number of aliphatic imine (C=N–C) groups is 1. The van der Waals surface area contributed by atoms with Crippen LogP contribution in [0.15, 0.2) is 10.4 Å². The second-order valence-corrected chi connectivity index (χ2v) is 4.56. The number of amidine groups is 1. The Bertz CT molecular complexity index is 330. The second kappa shape index (κ2) is 4.55. The molecule has 1 aromatic heterocycles. The van der Waals surface area contributed by atoms with Crippen LogP contribution in [-0.2, 0) is 6.54 Å². The Morgan fingerprint density at radius 2 is 2.43 bits per heavy atom. The molecule has 14 heavy (non-hydrogen) atoms. The minimum Gasteiger partial charge on any atom is -0.368 e. The summed E-state index contributed by atoms with van der Waals surface area (Å²) in [5.74, 6) is 1.15. The Morgan fingerprint density at radius 3 is 3.07 bits per heavy atom. The average molecular weight is 209 g/mol. The molecule has 1 aliphatic rings. The van der Waals surface area contributed by atoms with Crippen LogP contribution in [0.1, 0.15) is 30.0 Å². The molecular formula is C10H15N3S. The standard InChI is InChI=1S/C10H15N3S/c1-8-13-9(7-14-8)6-12-10-4-2-3-5-11-10/h7H,2-6H2,1H3,(H,11,12). The Hall–Kier alpha value is -0.900. The minimum absolute atomic E-state index is 0.823. The third-order valence-corrected chi connectivity index (χ3v) is 3.09. The van der Waals surface area contributed by atoms with Gasteiger partial charge in [-0.3, -0.25) is 4.99 Å². The summed E-state index contributed by atoms with van der Waals surface area (Å²) in [7, 11) is 0. The lowest BCUT2D eigenvalue weighted by Crippen LogP contribution is -2.25. The van der Waals surface area contributed by atoms with Crippen LogP contribution < -0.4 is 5.32 Å². The first kappa shape index (κ1) is 9.65. The summed E-state index contributed by atoms with van der Waals surface area (Å²) in [6, 6.07) is 0. The molecule has 1 N–H and O–H groups in total. The summed E-state index contributed by atoms with van der Waals surface area (Å²) < 4.78 is 0. The monoisotopic (exact) mass is 209 g/mol. The van der Waals surface area contributed by atoms with Gasteiger partial charge in [0, 0.05) is 18.3 Å². The van der Waals surface area contributed by atoms with E-state index in [9.17, 15) is 0 Å². The molecule has 1 aliphatic heterocycles. The van der Waals surface area contributed by atoms with Crippen LogP contribution in [0.4, 0.5) is 0 Å². The lowest BCUT2D eigenvalue weighted by atomic mass is 10.2. The lowest BCUT2D eigenvalue weighted by Gasteiger charge is -2.12. The zero-order chi connectivity index (χ0) is 9.80. The van der Waals surface area contributed by atoms with Crippen molar-refractivity contribution in [2.45, 2.75) is 32.7 Å². The first-order valence-electron chi connectivity index (χ1n) is 5.03. The van der Waals surface area contributed by atoms with Gasteiger partial charge >= 0.3 is 0 Å². The molecule has 4 heteroatoms. The van der Waals surface area contributed by atoms with Crippen molar-refractivity contribution < 1.29 is 0 Å². The number of aryl methyl sites for hydroxylation is 1. The van der Waals surface area contributed by atoms with E-state index in [1.807, 2.05) is 6.92 Å². The molecule has 0 saturated carbocycles. The van der Waals surface area contributed by atoms with Gasteiger partial charge in [0.25, 0.3) is 0 Å². The van der Waals surface area contributed by atoms with Crippen LogP contribution in [0, 0.1) is 6.92 Å². The Labute approximate surface area is 88.3 Å². The Balaban J connectivity index is 1.84. The maximum absolute atomic E-state index is 4.43. The van der Waals surface area contributed by atoms with Gasteiger partial charge in [-0.25, -0.2) is 4.98 Å². The third kappa shape index (κ3) is 2.54. The molecule has 76 valence electrons.